The first-order chi connectivity index (χ1) is 10.7. The van der Waals surface area contributed by atoms with Crippen molar-refractivity contribution in [2.75, 3.05) is 13.2 Å². The van der Waals surface area contributed by atoms with Gasteiger partial charge in [0.15, 0.2) is 0 Å². The molecule has 1 aromatic carbocycles. The summed E-state index contributed by atoms with van der Waals surface area (Å²) in [5.74, 6) is -0.686. The van der Waals surface area contributed by atoms with Gasteiger partial charge in [0.25, 0.3) is 0 Å². The van der Waals surface area contributed by atoms with Crippen LogP contribution in [0.1, 0.15) is 37.8 Å². The van der Waals surface area contributed by atoms with Gasteiger partial charge in [-0.05, 0) is 36.1 Å². The highest BCUT2D eigenvalue weighted by molar-refractivity contribution is 5.88. The van der Waals surface area contributed by atoms with Crippen molar-refractivity contribution in [3.8, 4) is 0 Å². The van der Waals surface area contributed by atoms with Gasteiger partial charge in [-0.3, -0.25) is 0 Å². The molecule has 22 heavy (non-hydrogen) atoms. The second-order valence-electron chi connectivity index (χ2n) is 4.67. The third-order valence-electron chi connectivity index (χ3n) is 2.66. The minimum absolute atomic E-state index is 0.343. The van der Waals surface area contributed by atoms with Crippen molar-refractivity contribution in [1.29, 1.82) is 0 Å². The Labute approximate surface area is 131 Å². The van der Waals surface area contributed by atoms with Crippen LogP contribution in [0.5, 0.6) is 0 Å². The van der Waals surface area contributed by atoms with E-state index in [1.807, 2.05) is 38.1 Å². The Morgan fingerprint density at radius 1 is 0.818 bits per heavy atom. The molecule has 0 saturated heterocycles. The number of rotatable bonds is 8. The second-order valence-corrected chi connectivity index (χ2v) is 4.67. The Hall–Kier alpha value is -2.36. The molecule has 0 N–H and O–H groups in total. The van der Waals surface area contributed by atoms with E-state index in [4.69, 9.17) is 9.47 Å². The maximum atomic E-state index is 11.3. The first-order valence-corrected chi connectivity index (χ1v) is 7.45. The Morgan fingerprint density at radius 2 is 1.18 bits per heavy atom. The van der Waals surface area contributed by atoms with Gasteiger partial charge in [0.2, 0.25) is 0 Å². The quantitative estimate of drug-likeness (QED) is 0.543. The van der Waals surface area contributed by atoms with Gasteiger partial charge < -0.3 is 9.47 Å². The molecule has 4 heteroatoms. The summed E-state index contributed by atoms with van der Waals surface area (Å²) in [5, 5.41) is 0. The van der Waals surface area contributed by atoms with E-state index in [9.17, 15) is 9.59 Å². The summed E-state index contributed by atoms with van der Waals surface area (Å²) in [6.07, 6.45) is 7.82. The predicted octanol–water partition coefficient (Wildman–Crippen LogP) is 3.62. The lowest BCUT2D eigenvalue weighted by atomic mass is 10.1. The first-order valence-electron chi connectivity index (χ1n) is 7.45. The van der Waals surface area contributed by atoms with E-state index in [0.29, 0.717) is 13.2 Å². The zero-order valence-electron chi connectivity index (χ0n) is 13.1. The molecule has 0 unspecified atom stereocenters. The molecule has 0 heterocycles. The van der Waals surface area contributed by atoms with Crippen LogP contribution in [0.3, 0.4) is 0 Å². The highest BCUT2D eigenvalue weighted by atomic mass is 16.5. The van der Waals surface area contributed by atoms with Crippen LogP contribution in [0.15, 0.2) is 36.4 Å². The standard InChI is InChI=1S/C18H22O4/c1-3-13-21-17(19)11-9-15-5-7-16(8-6-15)10-12-18(20)22-14-4-2/h5-12H,3-4,13-14H2,1-2H3. The van der Waals surface area contributed by atoms with Crippen LogP contribution in [0.4, 0.5) is 0 Å². The number of ether oxygens (including phenoxy) is 2. The SMILES string of the molecule is CCCOC(=O)C=Cc1ccc(C=CC(=O)OCCC)cc1. The van der Waals surface area contributed by atoms with Gasteiger partial charge in [0.1, 0.15) is 0 Å². The summed E-state index contributed by atoms with van der Waals surface area (Å²) in [6, 6.07) is 7.45. The predicted molar refractivity (Wildman–Crippen MR) is 87.0 cm³/mol. The maximum absolute atomic E-state index is 11.3. The maximum Gasteiger partial charge on any atom is 0.330 e. The topological polar surface area (TPSA) is 52.6 Å². The summed E-state index contributed by atoms with van der Waals surface area (Å²) in [7, 11) is 0. The average Bonchev–Trinajstić information content (AvgIpc) is 2.55. The van der Waals surface area contributed by atoms with Crippen LogP contribution in [0, 0.1) is 0 Å². The fraction of sp³-hybridized carbons (Fsp3) is 0.333. The van der Waals surface area contributed by atoms with Gasteiger partial charge in [-0.15, -0.1) is 0 Å². The van der Waals surface area contributed by atoms with Gasteiger partial charge in [-0.1, -0.05) is 38.1 Å². The average molecular weight is 302 g/mol. The molecule has 118 valence electrons. The van der Waals surface area contributed by atoms with E-state index in [1.54, 1.807) is 12.2 Å². The minimum Gasteiger partial charge on any atom is -0.463 e. The highest BCUT2D eigenvalue weighted by Gasteiger charge is 1.97. The smallest absolute Gasteiger partial charge is 0.330 e. The highest BCUT2D eigenvalue weighted by Crippen LogP contribution is 2.08. The van der Waals surface area contributed by atoms with Crippen molar-refractivity contribution in [1.82, 2.24) is 0 Å². The van der Waals surface area contributed by atoms with Gasteiger partial charge >= 0.3 is 11.9 Å². The van der Waals surface area contributed by atoms with Gasteiger partial charge in [0.05, 0.1) is 13.2 Å². The number of hydrogen-bond donors (Lipinski definition) is 0. The van der Waals surface area contributed by atoms with Crippen molar-refractivity contribution in [2.45, 2.75) is 26.7 Å². The number of carbonyl (C=O) groups excluding carboxylic acids is 2. The third kappa shape index (κ3) is 7.43. The van der Waals surface area contributed by atoms with Crippen LogP contribution in [-0.4, -0.2) is 25.2 Å². The number of esters is 2. The molecular formula is C18H22O4. The van der Waals surface area contributed by atoms with Crippen LogP contribution in [0.25, 0.3) is 12.2 Å². The molecule has 0 fully saturated rings. The molecule has 1 rings (SSSR count). The van der Waals surface area contributed by atoms with Gasteiger partial charge in [-0.25, -0.2) is 9.59 Å². The Balaban J connectivity index is 2.52. The fourth-order valence-electron chi connectivity index (χ4n) is 1.55. The molecule has 0 amide bonds. The normalized spacial score (nSPS) is 11.0. The Kier molecular flexibility index (Phi) is 8.35. The number of hydrogen-bond acceptors (Lipinski definition) is 4. The van der Waals surface area contributed by atoms with E-state index in [2.05, 4.69) is 0 Å². The van der Waals surface area contributed by atoms with Crippen molar-refractivity contribution < 1.29 is 19.1 Å². The van der Waals surface area contributed by atoms with Crippen LogP contribution >= 0.6 is 0 Å². The van der Waals surface area contributed by atoms with E-state index >= 15 is 0 Å². The third-order valence-corrected chi connectivity index (χ3v) is 2.66. The summed E-state index contributed by atoms with van der Waals surface area (Å²) < 4.78 is 9.89. The van der Waals surface area contributed by atoms with Crippen molar-refractivity contribution in [3.63, 3.8) is 0 Å². The molecule has 0 atom stereocenters. The number of carbonyl (C=O) groups is 2. The number of benzene rings is 1. The Bertz CT molecular complexity index is 478. The molecule has 0 aliphatic carbocycles. The second kappa shape index (κ2) is 10.4. The van der Waals surface area contributed by atoms with E-state index < -0.39 is 0 Å². The molecule has 0 saturated carbocycles. The summed E-state index contributed by atoms with van der Waals surface area (Å²) >= 11 is 0. The van der Waals surface area contributed by atoms with E-state index in [-0.39, 0.29) is 11.9 Å². The summed E-state index contributed by atoms with van der Waals surface area (Å²) in [4.78, 5) is 22.7. The molecule has 0 bridgehead atoms. The lowest BCUT2D eigenvalue weighted by Crippen LogP contribution is -2.00. The van der Waals surface area contributed by atoms with Crippen molar-refractivity contribution >= 4 is 24.1 Å². The molecule has 1 aromatic rings. The minimum atomic E-state index is -0.343. The lowest BCUT2D eigenvalue weighted by molar-refractivity contribution is -0.138. The summed E-state index contributed by atoms with van der Waals surface area (Å²) in [6.45, 7) is 4.75. The molecule has 0 aromatic heterocycles. The van der Waals surface area contributed by atoms with Crippen LogP contribution in [0.2, 0.25) is 0 Å². The molecule has 4 nitrogen and oxygen atoms in total. The molecular weight excluding hydrogens is 280 g/mol. The Morgan fingerprint density at radius 3 is 1.50 bits per heavy atom. The largest absolute Gasteiger partial charge is 0.463 e. The zero-order chi connectivity index (χ0) is 16.2. The molecule has 0 aliphatic rings. The van der Waals surface area contributed by atoms with Crippen molar-refractivity contribution in [3.05, 3.63) is 47.5 Å². The van der Waals surface area contributed by atoms with E-state index in [1.165, 1.54) is 12.2 Å². The molecule has 0 radical (unpaired) electrons. The molecule has 0 spiro atoms. The summed E-state index contributed by atoms with van der Waals surface area (Å²) in [5.41, 5.74) is 1.78. The van der Waals surface area contributed by atoms with Gasteiger partial charge in [-0.2, -0.15) is 0 Å². The van der Waals surface area contributed by atoms with Gasteiger partial charge in [0, 0.05) is 12.2 Å². The van der Waals surface area contributed by atoms with Crippen LogP contribution in [-0.2, 0) is 19.1 Å². The van der Waals surface area contributed by atoms with Crippen molar-refractivity contribution in [2.24, 2.45) is 0 Å². The monoisotopic (exact) mass is 302 g/mol. The van der Waals surface area contributed by atoms with Crippen LogP contribution < -0.4 is 0 Å². The fourth-order valence-corrected chi connectivity index (χ4v) is 1.55. The zero-order valence-corrected chi connectivity index (χ0v) is 13.1. The molecule has 0 aliphatic heterocycles. The lowest BCUT2D eigenvalue weighted by Gasteiger charge is -1.99. The first kappa shape index (κ1) is 17.7. The van der Waals surface area contributed by atoms with E-state index in [0.717, 1.165) is 24.0 Å².